The lowest BCUT2D eigenvalue weighted by Crippen LogP contribution is -2.35. The highest BCUT2D eigenvalue weighted by Gasteiger charge is 2.16. The quantitative estimate of drug-likeness (QED) is 0.882. The van der Waals surface area contributed by atoms with Crippen LogP contribution >= 0.6 is 0 Å². The van der Waals surface area contributed by atoms with Gasteiger partial charge < -0.3 is 14.3 Å². The van der Waals surface area contributed by atoms with Crippen LogP contribution in [0.15, 0.2) is 23.3 Å². The number of oxazole rings is 1. The molecule has 2 heterocycles. The van der Waals surface area contributed by atoms with Crippen molar-refractivity contribution in [1.82, 2.24) is 19.9 Å². The molecule has 0 amide bonds. The molecule has 5 nitrogen and oxygen atoms in total. The molecule has 2 rings (SSSR count). The average Bonchev–Trinajstić information content (AvgIpc) is 2.81. The second kappa shape index (κ2) is 4.33. The van der Waals surface area contributed by atoms with Gasteiger partial charge in [0.05, 0.1) is 12.5 Å². The third-order valence-corrected chi connectivity index (χ3v) is 2.48. The standard InChI is InChI=1S/C12H18N4O/c1-12(2,3)15-5-9-11(17-8-14-9)10-6-13-7-16(10)4/h6-8,15H,5H2,1-4H3. The topological polar surface area (TPSA) is 55.9 Å². The van der Waals surface area contributed by atoms with E-state index >= 15 is 0 Å². The number of aromatic nitrogens is 3. The smallest absolute Gasteiger partial charge is 0.181 e. The zero-order valence-electron chi connectivity index (χ0n) is 10.7. The molecule has 0 unspecified atom stereocenters. The van der Waals surface area contributed by atoms with Crippen LogP contribution in [0.2, 0.25) is 0 Å². The lowest BCUT2D eigenvalue weighted by atomic mass is 10.1. The Hall–Kier alpha value is -1.62. The first-order chi connectivity index (χ1) is 7.97. The first-order valence-corrected chi connectivity index (χ1v) is 5.61. The van der Waals surface area contributed by atoms with Crippen molar-refractivity contribution in [2.24, 2.45) is 7.05 Å². The molecule has 0 bridgehead atoms. The summed E-state index contributed by atoms with van der Waals surface area (Å²) in [6.07, 6.45) is 5.00. The molecule has 0 spiro atoms. The van der Waals surface area contributed by atoms with Gasteiger partial charge in [0.1, 0.15) is 11.4 Å². The molecule has 0 aliphatic carbocycles. The van der Waals surface area contributed by atoms with Crippen molar-refractivity contribution in [3.8, 4) is 11.5 Å². The van der Waals surface area contributed by atoms with Gasteiger partial charge in [-0.15, -0.1) is 0 Å². The third-order valence-electron chi connectivity index (χ3n) is 2.48. The van der Waals surface area contributed by atoms with Crippen LogP contribution in [0.5, 0.6) is 0 Å². The summed E-state index contributed by atoms with van der Waals surface area (Å²) in [4.78, 5) is 8.33. The normalized spacial score (nSPS) is 12.0. The molecule has 0 aliphatic heterocycles. The van der Waals surface area contributed by atoms with Crippen molar-refractivity contribution in [2.45, 2.75) is 32.9 Å². The maximum atomic E-state index is 5.44. The number of hydrogen-bond acceptors (Lipinski definition) is 4. The van der Waals surface area contributed by atoms with Crippen LogP contribution in [0.1, 0.15) is 26.5 Å². The van der Waals surface area contributed by atoms with E-state index in [1.165, 1.54) is 6.39 Å². The molecular weight excluding hydrogens is 216 g/mol. The van der Waals surface area contributed by atoms with Gasteiger partial charge in [-0.3, -0.25) is 0 Å². The third kappa shape index (κ3) is 2.74. The molecule has 0 saturated heterocycles. The van der Waals surface area contributed by atoms with Crippen LogP contribution < -0.4 is 5.32 Å². The molecule has 2 aromatic rings. The first kappa shape index (κ1) is 11.9. The van der Waals surface area contributed by atoms with Crippen LogP contribution in [0.4, 0.5) is 0 Å². The van der Waals surface area contributed by atoms with E-state index in [1.54, 1.807) is 12.5 Å². The predicted molar refractivity (Wildman–Crippen MR) is 65.3 cm³/mol. The van der Waals surface area contributed by atoms with Crippen LogP contribution in [0, 0.1) is 0 Å². The fourth-order valence-corrected chi connectivity index (χ4v) is 1.53. The second-order valence-corrected chi connectivity index (χ2v) is 5.12. The Morgan fingerprint density at radius 2 is 2.18 bits per heavy atom. The summed E-state index contributed by atoms with van der Waals surface area (Å²) >= 11 is 0. The van der Waals surface area contributed by atoms with Gasteiger partial charge in [-0.25, -0.2) is 9.97 Å². The zero-order chi connectivity index (χ0) is 12.5. The Bertz CT molecular complexity index is 493. The molecule has 0 aromatic carbocycles. The molecule has 2 aromatic heterocycles. The lowest BCUT2D eigenvalue weighted by Gasteiger charge is -2.19. The van der Waals surface area contributed by atoms with Gasteiger partial charge >= 0.3 is 0 Å². The molecular formula is C12H18N4O. The minimum atomic E-state index is 0.0582. The molecule has 5 heteroatoms. The number of nitrogens with one attached hydrogen (secondary N) is 1. The number of nitrogens with zero attached hydrogens (tertiary/aromatic N) is 3. The first-order valence-electron chi connectivity index (χ1n) is 5.61. The Morgan fingerprint density at radius 3 is 2.76 bits per heavy atom. The number of imidazole rings is 1. The summed E-state index contributed by atoms with van der Waals surface area (Å²) in [5.74, 6) is 0.779. The van der Waals surface area contributed by atoms with E-state index in [0.29, 0.717) is 6.54 Å². The summed E-state index contributed by atoms with van der Waals surface area (Å²) in [6, 6.07) is 0. The molecule has 1 N–H and O–H groups in total. The summed E-state index contributed by atoms with van der Waals surface area (Å²) in [7, 11) is 1.94. The van der Waals surface area contributed by atoms with E-state index < -0.39 is 0 Å². The molecule has 0 aliphatic rings. The van der Waals surface area contributed by atoms with Crippen molar-refractivity contribution >= 4 is 0 Å². The van der Waals surface area contributed by atoms with E-state index in [-0.39, 0.29) is 5.54 Å². The summed E-state index contributed by atoms with van der Waals surface area (Å²) in [5.41, 5.74) is 1.90. The lowest BCUT2D eigenvalue weighted by molar-refractivity contribution is 0.421. The molecule has 0 radical (unpaired) electrons. The van der Waals surface area contributed by atoms with Crippen LogP contribution in [0.3, 0.4) is 0 Å². The van der Waals surface area contributed by atoms with E-state index in [9.17, 15) is 0 Å². The molecule has 0 fully saturated rings. The Labute approximate surface area is 101 Å². The molecule has 92 valence electrons. The van der Waals surface area contributed by atoms with E-state index in [2.05, 4.69) is 36.1 Å². The van der Waals surface area contributed by atoms with Crippen LogP contribution in [0.25, 0.3) is 11.5 Å². The average molecular weight is 234 g/mol. The molecule has 17 heavy (non-hydrogen) atoms. The monoisotopic (exact) mass is 234 g/mol. The summed E-state index contributed by atoms with van der Waals surface area (Å²) < 4.78 is 7.36. The van der Waals surface area contributed by atoms with Crippen molar-refractivity contribution in [3.05, 3.63) is 24.6 Å². The van der Waals surface area contributed by atoms with Crippen molar-refractivity contribution in [3.63, 3.8) is 0 Å². The maximum absolute atomic E-state index is 5.44. The van der Waals surface area contributed by atoms with E-state index in [4.69, 9.17) is 4.42 Å². The van der Waals surface area contributed by atoms with E-state index in [1.807, 2.05) is 11.6 Å². The SMILES string of the molecule is Cn1cncc1-c1ocnc1CNC(C)(C)C. The Kier molecular flexibility index (Phi) is 3.02. The van der Waals surface area contributed by atoms with Crippen LogP contribution in [-0.4, -0.2) is 20.1 Å². The minimum absolute atomic E-state index is 0.0582. The summed E-state index contributed by atoms with van der Waals surface area (Å²) in [5, 5.41) is 3.39. The Morgan fingerprint density at radius 1 is 1.41 bits per heavy atom. The Balaban J connectivity index is 2.21. The van der Waals surface area contributed by atoms with Gasteiger partial charge in [0.15, 0.2) is 12.2 Å². The van der Waals surface area contributed by atoms with Crippen molar-refractivity contribution in [1.29, 1.82) is 0 Å². The van der Waals surface area contributed by atoms with Gasteiger partial charge in [-0.05, 0) is 20.8 Å². The highest BCUT2D eigenvalue weighted by molar-refractivity contribution is 5.54. The maximum Gasteiger partial charge on any atom is 0.181 e. The highest BCUT2D eigenvalue weighted by atomic mass is 16.3. The number of hydrogen-bond donors (Lipinski definition) is 1. The highest BCUT2D eigenvalue weighted by Crippen LogP contribution is 2.22. The summed E-state index contributed by atoms with van der Waals surface area (Å²) in [6.45, 7) is 7.05. The fraction of sp³-hybridized carbons (Fsp3) is 0.500. The van der Waals surface area contributed by atoms with Crippen molar-refractivity contribution < 1.29 is 4.42 Å². The minimum Gasteiger partial charge on any atom is -0.442 e. The van der Waals surface area contributed by atoms with Crippen LogP contribution in [-0.2, 0) is 13.6 Å². The number of aryl methyl sites for hydroxylation is 1. The van der Waals surface area contributed by atoms with Gasteiger partial charge in [-0.1, -0.05) is 0 Å². The van der Waals surface area contributed by atoms with Gasteiger partial charge in [-0.2, -0.15) is 0 Å². The van der Waals surface area contributed by atoms with Gasteiger partial charge in [0, 0.05) is 19.1 Å². The molecule has 0 atom stereocenters. The predicted octanol–water partition coefficient (Wildman–Crippen LogP) is 1.96. The largest absolute Gasteiger partial charge is 0.442 e. The fourth-order valence-electron chi connectivity index (χ4n) is 1.53. The number of rotatable bonds is 3. The zero-order valence-corrected chi connectivity index (χ0v) is 10.7. The van der Waals surface area contributed by atoms with Crippen molar-refractivity contribution in [2.75, 3.05) is 0 Å². The molecule has 0 saturated carbocycles. The second-order valence-electron chi connectivity index (χ2n) is 5.12. The van der Waals surface area contributed by atoms with Gasteiger partial charge in [0.25, 0.3) is 0 Å². The van der Waals surface area contributed by atoms with Gasteiger partial charge in [0.2, 0.25) is 0 Å². The van der Waals surface area contributed by atoms with E-state index in [0.717, 1.165) is 17.1 Å².